The van der Waals surface area contributed by atoms with Gasteiger partial charge < -0.3 is 0 Å². The summed E-state index contributed by atoms with van der Waals surface area (Å²) in [5.74, 6) is 0.205. The summed E-state index contributed by atoms with van der Waals surface area (Å²) in [4.78, 5) is 3.99. The van der Waals surface area contributed by atoms with Crippen molar-refractivity contribution in [1.82, 2.24) is 4.98 Å². The SMILES string of the molecule is N#Cc1ccc(C2CCCS2(=O)=O)nc1Cl. The molecule has 0 aliphatic carbocycles. The number of hydrogen-bond acceptors (Lipinski definition) is 4. The van der Waals surface area contributed by atoms with Crippen LogP contribution in [0.2, 0.25) is 5.15 Å². The van der Waals surface area contributed by atoms with Gasteiger partial charge in [0.2, 0.25) is 0 Å². The zero-order valence-electron chi connectivity index (χ0n) is 8.35. The first kappa shape index (κ1) is 11.4. The second-order valence-corrected chi connectivity index (χ2v) is 6.35. The molecule has 0 bridgehead atoms. The highest BCUT2D eigenvalue weighted by atomic mass is 35.5. The molecule has 0 amide bonds. The number of nitriles is 1. The van der Waals surface area contributed by atoms with Crippen LogP contribution in [-0.4, -0.2) is 19.2 Å². The van der Waals surface area contributed by atoms with Gasteiger partial charge in [-0.2, -0.15) is 5.26 Å². The highest BCUT2D eigenvalue weighted by Gasteiger charge is 2.33. The second kappa shape index (κ2) is 4.04. The lowest BCUT2D eigenvalue weighted by Crippen LogP contribution is -2.09. The Morgan fingerprint density at radius 2 is 2.25 bits per heavy atom. The van der Waals surface area contributed by atoms with E-state index in [2.05, 4.69) is 4.98 Å². The molecular formula is C10H9ClN2O2S. The number of aromatic nitrogens is 1. The van der Waals surface area contributed by atoms with E-state index < -0.39 is 15.1 Å². The summed E-state index contributed by atoms with van der Waals surface area (Å²) < 4.78 is 23.4. The fourth-order valence-electron chi connectivity index (χ4n) is 1.83. The standard InChI is InChI=1S/C10H9ClN2O2S/c11-10-7(6-12)3-4-8(13-10)9-2-1-5-16(9,14)15/h3-4,9H,1-2,5H2. The second-order valence-electron chi connectivity index (χ2n) is 3.68. The van der Waals surface area contributed by atoms with Gasteiger partial charge in [0.25, 0.3) is 0 Å². The molecule has 1 unspecified atom stereocenters. The van der Waals surface area contributed by atoms with E-state index in [1.807, 2.05) is 6.07 Å². The zero-order valence-corrected chi connectivity index (χ0v) is 9.92. The van der Waals surface area contributed by atoms with E-state index in [9.17, 15) is 8.42 Å². The summed E-state index contributed by atoms with van der Waals surface area (Å²) in [5, 5.41) is 8.20. The molecule has 0 spiro atoms. The van der Waals surface area contributed by atoms with E-state index in [1.165, 1.54) is 6.07 Å². The van der Waals surface area contributed by atoms with Crippen LogP contribution in [0.4, 0.5) is 0 Å². The normalized spacial score (nSPS) is 22.9. The molecule has 16 heavy (non-hydrogen) atoms. The van der Waals surface area contributed by atoms with Crippen LogP contribution in [0.15, 0.2) is 12.1 Å². The maximum Gasteiger partial charge on any atom is 0.158 e. The molecule has 84 valence electrons. The lowest BCUT2D eigenvalue weighted by atomic mass is 10.1. The number of pyridine rings is 1. The fraction of sp³-hybridized carbons (Fsp3) is 0.400. The first-order chi connectivity index (χ1) is 7.54. The Hall–Kier alpha value is -1.12. The van der Waals surface area contributed by atoms with E-state index in [0.29, 0.717) is 18.5 Å². The summed E-state index contributed by atoms with van der Waals surface area (Å²) in [6, 6.07) is 4.97. The summed E-state index contributed by atoms with van der Waals surface area (Å²) in [6.45, 7) is 0. The maximum atomic E-state index is 11.7. The van der Waals surface area contributed by atoms with Gasteiger partial charge in [0.05, 0.1) is 17.0 Å². The molecule has 1 aromatic rings. The molecule has 1 fully saturated rings. The summed E-state index contributed by atoms with van der Waals surface area (Å²) in [6.07, 6.45) is 1.24. The first-order valence-corrected chi connectivity index (χ1v) is 6.92. The van der Waals surface area contributed by atoms with Crippen molar-refractivity contribution >= 4 is 21.4 Å². The van der Waals surface area contributed by atoms with Gasteiger partial charge in [-0.05, 0) is 25.0 Å². The maximum absolute atomic E-state index is 11.7. The van der Waals surface area contributed by atoms with Crippen LogP contribution >= 0.6 is 11.6 Å². The Morgan fingerprint density at radius 3 is 2.75 bits per heavy atom. The fourth-order valence-corrected chi connectivity index (χ4v) is 3.92. The smallest absolute Gasteiger partial charge is 0.158 e. The highest BCUT2D eigenvalue weighted by molar-refractivity contribution is 7.91. The molecule has 1 aliphatic heterocycles. The van der Waals surface area contributed by atoms with Crippen molar-refractivity contribution in [1.29, 1.82) is 5.26 Å². The van der Waals surface area contributed by atoms with E-state index in [-0.39, 0.29) is 16.5 Å². The van der Waals surface area contributed by atoms with Gasteiger partial charge in [0.1, 0.15) is 16.5 Å². The quantitative estimate of drug-likeness (QED) is 0.719. The average molecular weight is 257 g/mol. The molecule has 2 rings (SSSR count). The monoisotopic (exact) mass is 256 g/mol. The largest absolute Gasteiger partial charge is 0.238 e. The third kappa shape index (κ3) is 1.91. The summed E-state index contributed by atoms with van der Waals surface area (Å²) >= 11 is 5.77. The molecule has 0 N–H and O–H groups in total. The highest BCUT2D eigenvalue weighted by Crippen LogP contribution is 2.34. The molecule has 1 aliphatic rings. The molecule has 6 heteroatoms. The number of nitrogens with zero attached hydrogens (tertiary/aromatic N) is 2. The van der Waals surface area contributed by atoms with Gasteiger partial charge in [-0.25, -0.2) is 13.4 Å². The van der Waals surface area contributed by atoms with E-state index in [4.69, 9.17) is 16.9 Å². The van der Waals surface area contributed by atoms with Crippen LogP contribution in [0, 0.1) is 11.3 Å². The molecule has 1 saturated heterocycles. The molecule has 2 heterocycles. The Kier molecular flexibility index (Phi) is 2.87. The molecule has 1 aromatic heterocycles. The number of rotatable bonds is 1. The predicted octanol–water partition coefficient (Wildman–Crippen LogP) is 1.86. The summed E-state index contributed by atoms with van der Waals surface area (Å²) in [5.41, 5.74) is 0.710. The van der Waals surface area contributed by atoms with Crippen LogP contribution in [0.5, 0.6) is 0 Å². The van der Waals surface area contributed by atoms with Crippen molar-refractivity contribution in [3.05, 3.63) is 28.5 Å². The number of halogens is 1. The van der Waals surface area contributed by atoms with Crippen LogP contribution in [-0.2, 0) is 9.84 Å². The summed E-state index contributed by atoms with van der Waals surface area (Å²) in [7, 11) is -3.08. The van der Waals surface area contributed by atoms with Crippen LogP contribution < -0.4 is 0 Å². The topological polar surface area (TPSA) is 70.8 Å². The van der Waals surface area contributed by atoms with Crippen LogP contribution in [0.3, 0.4) is 0 Å². The molecular weight excluding hydrogens is 248 g/mol. The Bertz CT molecular complexity index is 563. The third-order valence-electron chi connectivity index (χ3n) is 2.65. The van der Waals surface area contributed by atoms with Crippen molar-refractivity contribution < 1.29 is 8.42 Å². The van der Waals surface area contributed by atoms with E-state index in [0.717, 1.165) is 0 Å². The number of hydrogen-bond donors (Lipinski definition) is 0. The zero-order chi connectivity index (χ0) is 11.8. The molecule has 0 saturated carbocycles. The van der Waals surface area contributed by atoms with Crippen LogP contribution in [0.25, 0.3) is 0 Å². The molecule has 4 nitrogen and oxygen atoms in total. The Morgan fingerprint density at radius 1 is 1.50 bits per heavy atom. The molecule has 0 aromatic carbocycles. The van der Waals surface area contributed by atoms with Gasteiger partial charge in [0.15, 0.2) is 9.84 Å². The van der Waals surface area contributed by atoms with Gasteiger partial charge in [0, 0.05) is 0 Å². The van der Waals surface area contributed by atoms with Gasteiger partial charge in [-0.3, -0.25) is 0 Å². The average Bonchev–Trinajstić information content (AvgIpc) is 2.58. The minimum absolute atomic E-state index is 0.0714. The minimum Gasteiger partial charge on any atom is -0.238 e. The van der Waals surface area contributed by atoms with Gasteiger partial charge >= 0.3 is 0 Å². The molecule has 0 radical (unpaired) electrons. The van der Waals surface area contributed by atoms with E-state index >= 15 is 0 Å². The lowest BCUT2D eigenvalue weighted by molar-refractivity contribution is 0.591. The van der Waals surface area contributed by atoms with Gasteiger partial charge in [-0.15, -0.1) is 0 Å². The van der Waals surface area contributed by atoms with Crippen molar-refractivity contribution in [2.24, 2.45) is 0 Å². The molecule has 1 atom stereocenters. The van der Waals surface area contributed by atoms with Crippen molar-refractivity contribution in [3.8, 4) is 6.07 Å². The van der Waals surface area contributed by atoms with Gasteiger partial charge in [-0.1, -0.05) is 11.6 Å². The van der Waals surface area contributed by atoms with E-state index in [1.54, 1.807) is 6.07 Å². The van der Waals surface area contributed by atoms with Crippen molar-refractivity contribution in [2.45, 2.75) is 18.1 Å². The minimum atomic E-state index is -3.08. The number of sulfone groups is 1. The first-order valence-electron chi connectivity index (χ1n) is 4.83. The van der Waals surface area contributed by atoms with Crippen LogP contribution in [0.1, 0.15) is 29.3 Å². The third-order valence-corrected chi connectivity index (χ3v) is 5.14. The Labute approximate surface area is 98.8 Å². The lowest BCUT2D eigenvalue weighted by Gasteiger charge is -2.08. The van der Waals surface area contributed by atoms with Crippen molar-refractivity contribution in [3.63, 3.8) is 0 Å². The Balaban J connectivity index is 2.43. The predicted molar refractivity (Wildman–Crippen MR) is 59.7 cm³/mol. The van der Waals surface area contributed by atoms with Crippen molar-refractivity contribution in [2.75, 3.05) is 5.75 Å².